The first kappa shape index (κ1) is 12.9. The van der Waals surface area contributed by atoms with Crippen LogP contribution in [0.25, 0.3) is 0 Å². The van der Waals surface area contributed by atoms with Gasteiger partial charge in [-0.3, -0.25) is 0 Å². The molecule has 0 radical (unpaired) electrons. The van der Waals surface area contributed by atoms with Gasteiger partial charge in [-0.15, -0.1) is 0 Å². The molecule has 2 N–H and O–H groups in total. The highest BCUT2D eigenvalue weighted by Crippen LogP contribution is 2.19. The van der Waals surface area contributed by atoms with Crippen LogP contribution in [0.2, 0.25) is 0 Å². The summed E-state index contributed by atoms with van der Waals surface area (Å²) in [5.41, 5.74) is -0.537. The number of hydrogen-bond donors (Lipinski definition) is 2. The van der Waals surface area contributed by atoms with E-state index < -0.39 is 5.60 Å². The van der Waals surface area contributed by atoms with E-state index >= 15 is 0 Å². The van der Waals surface area contributed by atoms with Crippen LogP contribution in [0.1, 0.15) is 47.0 Å². The van der Waals surface area contributed by atoms with Crippen LogP contribution in [-0.2, 0) is 0 Å². The van der Waals surface area contributed by atoms with E-state index in [1.54, 1.807) is 0 Å². The molecule has 0 spiro atoms. The molecule has 13 heavy (non-hydrogen) atoms. The molecule has 0 aliphatic rings. The highest BCUT2D eigenvalue weighted by Gasteiger charge is 2.22. The second kappa shape index (κ2) is 6.39. The Labute approximate surface area is 82.7 Å². The Morgan fingerprint density at radius 1 is 1.38 bits per heavy atom. The summed E-state index contributed by atoms with van der Waals surface area (Å²) < 4.78 is 0. The Bertz CT molecular complexity index is 123. The molecule has 2 atom stereocenters. The van der Waals surface area contributed by atoms with E-state index in [1.165, 1.54) is 12.8 Å². The Morgan fingerprint density at radius 2 is 2.00 bits per heavy atom. The molecule has 2 nitrogen and oxygen atoms in total. The van der Waals surface area contributed by atoms with Crippen LogP contribution >= 0.6 is 0 Å². The minimum absolute atomic E-state index is 0.537. The van der Waals surface area contributed by atoms with E-state index in [1.807, 2.05) is 6.92 Å². The zero-order valence-corrected chi connectivity index (χ0v) is 9.56. The molecule has 0 aromatic heterocycles. The van der Waals surface area contributed by atoms with Gasteiger partial charge in [0.05, 0.1) is 5.60 Å². The second-order valence-corrected chi connectivity index (χ2v) is 4.38. The standard InChI is InChI=1S/C11H25NO/c1-5-7-10(3)8-11(4,13)9-12-6-2/h10,12-13H,5-9H2,1-4H3. The highest BCUT2D eigenvalue weighted by atomic mass is 16.3. The molecule has 2 unspecified atom stereocenters. The van der Waals surface area contributed by atoms with Crippen molar-refractivity contribution in [3.8, 4) is 0 Å². The Hall–Kier alpha value is -0.0800. The summed E-state index contributed by atoms with van der Waals surface area (Å²) >= 11 is 0. The summed E-state index contributed by atoms with van der Waals surface area (Å²) in [5, 5.41) is 13.2. The molecular weight excluding hydrogens is 162 g/mol. The fraction of sp³-hybridized carbons (Fsp3) is 1.00. The minimum atomic E-state index is -0.537. The first-order chi connectivity index (χ1) is 6.02. The maximum Gasteiger partial charge on any atom is 0.0746 e. The van der Waals surface area contributed by atoms with Crippen molar-refractivity contribution in [1.82, 2.24) is 5.32 Å². The zero-order chi connectivity index (χ0) is 10.3. The molecule has 0 aliphatic carbocycles. The van der Waals surface area contributed by atoms with Crippen molar-refractivity contribution < 1.29 is 5.11 Å². The second-order valence-electron chi connectivity index (χ2n) is 4.38. The van der Waals surface area contributed by atoms with E-state index in [4.69, 9.17) is 0 Å². The highest BCUT2D eigenvalue weighted by molar-refractivity contribution is 4.77. The van der Waals surface area contributed by atoms with Crippen molar-refractivity contribution in [2.24, 2.45) is 5.92 Å². The third kappa shape index (κ3) is 7.03. The molecule has 0 saturated heterocycles. The van der Waals surface area contributed by atoms with Crippen molar-refractivity contribution in [2.75, 3.05) is 13.1 Å². The molecule has 0 aromatic rings. The lowest BCUT2D eigenvalue weighted by Gasteiger charge is -2.26. The van der Waals surface area contributed by atoms with Gasteiger partial charge in [0.25, 0.3) is 0 Å². The number of rotatable bonds is 7. The smallest absolute Gasteiger partial charge is 0.0746 e. The van der Waals surface area contributed by atoms with Crippen molar-refractivity contribution >= 4 is 0 Å². The lowest BCUT2D eigenvalue weighted by Crippen LogP contribution is -2.39. The average molecular weight is 187 g/mol. The lowest BCUT2D eigenvalue weighted by molar-refractivity contribution is 0.0356. The van der Waals surface area contributed by atoms with Crippen LogP contribution in [0.4, 0.5) is 0 Å². The van der Waals surface area contributed by atoms with Gasteiger partial charge in [-0.05, 0) is 25.8 Å². The molecule has 0 bridgehead atoms. The van der Waals surface area contributed by atoms with E-state index in [9.17, 15) is 5.11 Å². The monoisotopic (exact) mass is 187 g/mol. The summed E-state index contributed by atoms with van der Waals surface area (Å²) in [6.45, 7) is 10.0. The van der Waals surface area contributed by atoms with E-state index in [0.717, 1.165) is 13.0 Å². The van der Waals surface area contributed by atoms with Crippen molar-refractivity contribution in [3.63, 3.8) is 0 Å². The molecule has 2 heteroatoms. The minimum Gasteiger partial charge on any atom is -0.389 e. The molecule has 0 fully saturated rings. The van der Waals surface area contributed by atoms with Gasteiger partial charge in [0, 0.05) is 6.54 Å². The molecule has 0 saturated carbocycles. The van der Waals surface area contributed by atoms with Gasteiger partial charge in [0.1, 0.15) is 0 Å². The van der Waals surface area contributed by atoms with Gasteiger partial charge in [-0.1, -0.05) is 33.6 Å². The summed E-state index contributed by atoms with van der Waals surface area (Å²) in [4.78, 5) is 0. The van der Waals surface area contributed by atoms with Crippen molar-refractivity contribution in [2.45, 2.75) is 52.6 Å². The fourth-order valence-electron chi connectivity index (χ4n) is 1.81. The first-order valence-electron chi connectivity index (χ1n) is 5.45. The van der Waals surface area contributed by atoms with Gasteiger partial charge >= 0.3 is 0 Å². The summed E-state index contributed by atoms with van der Waals surface area (Å²) in [6, 6.07) is 0. The number of hydrogen-bond acceptors (Lipinski definition) is 2. The number of aliphatic hydroxyl groups is 1. The predicted octanol–water partition coefficient (Wildman–Crippen LogP) is 2.17. The number of nitrogens with one attached hydrogen (secondary N) is 1. The van der Waals surface area contributed by atoms with E-state index in [0.29, 0.717) is 12.5 Å². The lowest BCUT2D eigenvalue weighted by atomic mass is 9.90. The van der Waals surface area contributed by atoms with Crippen molar-refractivity contribution in [1.29, 1.82) is 0 Å². The van der Waals surface area contributed by atoms with E-state index in [2.05, 4.69) is 26.1 Å². The van der Waals surface area contributed by atoms with Crippen LogP contribution in [0, 0.1) is 5.92 Å². The van der Waals surface area contributed by atoms with Crippen LogP contribution in [0.5, 0.6) is 0 Å². The van der Waals surface area contributed by atoms with Crippen LogP contribution < -0.4 is 5.32 Å². The largest absolute Gasteiger partial charge is 0.389 e. The Balaban J connectivity index is 3.71. The van der Waals surface area contributed by atoms with Crippen molar-refractivity contribution in [3.05, 3.63) is 0 Å². The van der Waals surface area contributed by atoms with Crippen LogP contribution in [0.3, 0.4) is 0 Å². The quantitative estimate of drug-likeness (QED) is 0.640. The fourth-order valence-corrected chi connectivity index (χ4v) is 1.81. The van der Waals surface area contributed by atoms with Gasteiger partial charge in [0.2, 0.25) is 0 Å². The van der Waals surface area contributed by atoms with Crippen LogP contribution in [-0.4, -0.2) is 23.8 Å². The number of likely N-dealkylation sites (N-methyl/N-ethyl adjacent to an activating group) is 1. The van der Waals surface area contributed by atoms with E-state index in [-0.39, 0.29) is 0 Å². The van der Waals surface area contributed by atoms with Gasteiger partial charge in [-0.25, -0.2) is 0 Å². The third-order valence-electron chi connectivity index (χ3n) is 2.33. The molecular formula is C11H25NO. The molecule has 0 aliphatic heterocycles. The zero-order valence-electron chi connectivity index (χ0n) is 9.56. The van der Waals surface area contributed by atoms with Crippen LogP contribution in [0.15, 0.2) is 0 Å². The molecule has 80 valence electrons. The molecule has 0 heterocycles. The molecule has 0 aromatic carbocycles. The van der Waals surface area contributed by atoms with Gasteiger partial charge in [-0.2, -0.15) is 0 Å². The Kier molecular flexibility index (Phi) is 6.35. The molecule has 0 amide bonds. The topological polar surface area (TPSA) is 32.3 Å². The van der Waals surface area contributed by atoms with Gasteiger partial charge in [0.15, 0.2) is 0 Å². The maximum atomic E-state index is 9.98. The summed E-state index contributed by atoms with van der Waals surface area (Å²) in [6.07, 6.45) is 3.31. The average Bonchev–Trinajstić information content (AvgIpc) is 2.00. The maximum absolute atomic E-state index is 9.98. The SMILES string of the molecule is CCCC(C)CC(C)(O)CNCC. The van der Waals surface area contributed by atoms with Gasteiger partial charge < -0.3 is 10.4 Å². The first-order valence-corrected chi connectivity index (χ1v) is 5.45. The molecule has 0 rings (SSSR count). The normalized spacial score (nSPS) is 18.2. The summed E-state index contributed by atoms with van der Waals surface area (Å²) in [5.74, 6) is 0.624. The summed E-state index contributed by atoms with van der Waals surface area (Å²) in [7, 11) is 0. The predicted molar refractivity (Wildman–Crippen MR) is 57.9 cm³/mol. The Morgan fingerprint density at radius 3 is 2.46 bits per heavy atom. The third-order valence-corrected chi connectivity index (χ3v) is 2.33.